The van der Waals surface area contributed by atoms with E-state index in [9.17, 15) is 0 Å². The summed E-state index contributed by atoms with van der Waals surface area (Å²) in [4.78, 5) is 0. The van der Waals surface area contributed by atoms with Gasteiger partial charge in [0.1, 0.15) is 0 Å². The van der Waals surface area contributed by atoms with Gasteiger partial charge in [-0.2, -0.15) is 0 Å². The topological polar surface area (TPSA) is 0 Å². The van der Waals surface area contributed by atoms with Crippen LogP contribution in [0.5, 0.6) is 0 Å². The average molecular weight is 1120 g/mol. The third-order valence-electron chi connectivity index (χ3n) is 8.96. The quantitative estimate of drug-likeness (QED) is 0.175. The first-order chi connectivity index (χ1) is 25.7. The lowest BCUT2D eigenvalue weighted by molar-refractivity contribution is -0.597. The number of rotatable bonds is 0. The van der Waals surface area contributed by atoms with Crippen molar-refractivity contribution in [1.29, 1.82) is 0 Å². The molecule has 0 saturated heterocycles. The smallest absolute Gasteiger partial charge is 0.0499 e. The van der Waals surface area contributed by atoms with Crippen LogP contribution in [0.1, 0.15) is 0 Å². The molecule has 0 atom stereocenters. The van der Waals surface area contributed by atoms with Crippen LogP contribution in [-0.2, 0) is 0 Å². The Hall–Kier alpha value is -3.32. The van der Waals surface area contributed by atoms with Crippen molar-refractivity contribution in [2.75, 3.05) is 0 Å². The molecular formula is C48H32I4+4. The fraction of sp³-hybridized carbons (Fsp3) is 0. The SMILES string of the molecule is c1cc2ccc1[I+]c1ccc(cc1)-c1ccc(cc1)[I+]c1ccc(cc1)-c1ccc(cc1)[I+]c1ccc(cc1)-c1ccc(cc1)[I+]c1ccc-2cc1. The zero-order chi connectivity index (χ0) is 34.7. The summed E-state index contributed by atoms with van der Waals surface area (Å²) in [6, 6.07) is 74.0. The highest BCUT2D eigenvalue weighted by Crippen LogP contribution is 2.21. The minimum Gasteiger partial charge on any atom is -0.0499 e. The van der Waals surface area contributed by atoms with Crippen LogP contribution in [0.3, 0.4) is 0 Å². The highest BCUT2D eigenvalue weighted by molar-refractivity contribution is 5.65. The third-order valence-corrected chi connectivity index (χ3v) is 19.7. The standard InChI is InChI=1S/C48H32I4/c1-17-41-18-2-33(1)34-3-19-43(20-4-34)50-44-23-7-37(8-24-44)38-11-27-47(28-12-38)52-48-31-15-40(16-32-48)39-13-29-46(30-14-39)51-45-25-9-36(10-26-45)35-5-21-42(49-41)22-6-35/h1-32H/q+4. The van der Waals surface area contributed by atoms with Crippen LogP contribution in [-0.4, -0.2) is 0 Å². The van der Waals surface area contributed by atoms with Crippen molar-refractivity contribution in [3.63, 3.8) is 0 Å². The molecule has 248 valence electrons. The van der Waals surface area contributed by atoms with Crippen LogP contribution in [0.2, 0.25) is 0 Å². The predicted octanol–water partition coefficient (Wildman–Crippen LogP) is -0.818. The zero-order valence-corrected chi connectivity index (χ0v) is 36.6. The molecule has 22 aliphatic rings. The first-order valence-electron chi connectivity index (χ1n) is 17.1. The van der Waals surface area contributed by atoms with Gasteiger partial charge in [-0.1, -0.05) is 0 Å². The van der Waals surface area contributed by atoms with Gasteiger partial charge in [0.15, 0.2) is 28.6 Å². The maximum absolute atomic E-state index is 2.33. The van der Waals surface area contributed by atoms with Gasteiger partial charge >= 0.3 is 84.8 Å². The molecule has 22 aliphatic heterocycles. The van der Waals surface area contributed by atoms with Crippen LogP contribution in [0.4, 0.5) is 0 Å². The van der Waals surface area contributed by atoms with Crippen molar-refractivity contribution >= 4 is 0 Å². The number of hydrogen-bond donors (Lipinski definition) is 0. The van der Waals surface area contributed by atoms with E-state index in [1.807, 2.05) is 0 Å². The second kappa shape index (κ2) is 16.0. The van der Waals surface area contributed by atoms with E-state index in [0.717, 1.165) is 0 Å². The third kappa shape index (κ3) is 8.25. The molecule has 0 amide bonds. The van der Waals surface area contributed by atoms with Gasteiger partial charge in [-0.05, 0) is 239 Å². The summed E-state index contributed by atoms with van der Waals surface area (Å²) in [5, 5.41) is 0. The molecule has 8 aromatic rings. The van der Waals surface area contributed by atoms with Crippen LogP contribution < -0.4 is 84.8 Å². The molecule has 0 nitrogen and oxygen atoms in total. The summed E-state index contributed by atoms with van der Waals surface area (Å²) in [7, 11) is 0. The Balaban J connectivity index is 0.985. The second-order valence-electron chi connectivity index (χ2n) is 12.4. The summed E-state index contributed by atoms with van der Waals surface area (Å²) in [5.74, 6) is 0. The largest absolute Gasteiger partial charge is 0.357 e. The second-order valence-corrected chi connectivity index (χ2v) is 24.6. The van der Waals surface area contributed by atoms with Gasteiger partial charge in [-0.25, -0.2) is 0 Å². The van der Waals surface area contributed by atoms with Gasteiger partial charge < -0.3 is 0 Å². The van der Waals surface area contributed by atoms with E-state index < -0.39 is 0 Å². The van der Waals surface area contributed by atoms with E-state index >= 15 is 0 Å². The van der Waals surface area contributed by atoms with Gasteiger partial charge in [-0.3, -0.25) is 0 Å². The Kier molecular flexibility index (Phi) is 10.6. The molecular weight excluding hydrogens is 1080 g/mol. The molecule has 0 N–H and O–H groups in total. The van der Waals surface area contributed by atoms with Crippen molar-refractivity contribution in [1.82, 2.24) is 0 Å². The molecule has 0 spiro atoms. The molecule has 4 heteroatoms. The van der Waals surface area contributed by atoms with Gasteiger partial charge in [-0.15, -0.1) is 0 Å². The normalized spacial score (nSPS) is 12.3. The van der Waals surface area contributed by atoms with Crippen molar-refractivity contribution in [2.45, 2.75) is 0 Å². The van der Waals surface area contributed by atoms with Crippen molar-refractivity contribution in [3.05, 3.63) is 223 Å². The summed E-state index contributed by atoms with van der Waals surface area (Å²) < 4.78 is 11.6. The lowest BCUT2D eigenvalue weighted by Crippen LogP contribution is -3.61. The van der Waals surface area contributed by atoms with Crippen LogP contribution in [0.25, 0.3) is 44.5 Å². The molecule has 30 rings (SSSR count). The fourth-order valence-electron chi connectivity index (χ4n) is 6.15. The maximum Gasteiger partial charge on any atom is 0.357 e. The number of benzene rings is 8. The van der Waals surface area contributed by atoms with E-state index in [1.165, 1.54) is 73.1 Å². The molecule has 52 heavy (non-hydrogen) atoms. The molecule has 16 bridgehead atoms. The molecule has 0 unspecified atom stereocenters. The van der Waals surface area contributed by atoms with Crippen molar-refractivity contribution < 1.29 is 84.8 Å². The molecule has 8 aromatic carbocycles. The Labute approximate surface area is 347 Å². The van der Waals surface area contributed by atoms with E-state index in [2.05, 4.69) is 194 Å². The van der Waals surface area contributed by atoms with Gasteiger partial charge in [0.05, 0.1) is 0 Å². The Bertz CT molecular complexity index is 1880. The summed E-state index contributed by atoms with van der Waals surface area (Å²) in [6.45, 7) is 0. The molecule has 0 radical (unpaired) electrons. The lowest BCUT2D eigenvalue weighted by Gasteiger charge is -2.02. The predicted molar refractivity (Wildman–Crippen MR) is 197 cm³/mol. The monoisotopic (exact) mass is 1120 g/mol. The number of hydrogen-bond acceptors (Lipinski definition) is 0. The fourth-order valence-corrected chi connectivity index (χ4v) is 14.8. The minimum absolute atomic E-state index is 0.230. The first-order valence-corrected chi connectivity index (χ1v) is 25.7. The Morgan fingerprint density at radius 1 is 0.135 bits per heavy atom. The van der Waals surface area contributed by atoms with Gasteiger partial charge in [0.25, 0.3) is 0 Å². The van der Waals surface area contributed by atoms with Gasteiger partial charge in [0, 0.05) is 0 Å². The van der Waals surface area contributed by atoms with E-state index in [0.29, 0.717) is 0 Å². The van der Waals surface area contributed by atoms with Gasteiger partial charge in [0.2, 0.25) is 0 Å². The van der Waals surface area contributed by atoms with Crippen LogP contribution in [0, 0.1) is 28.6 Å². The van der Waals surface area contributed by atoms with Crippen molar-refractivity contribution in [3.8, 4) is 44.5 Å². The van der Waals surface area contributed by atoms with Crippen molar-refractivity contribution in [2.24, 2.45) is 0 Å². The summed E-state index contributed by atoms with van der Waals surface area (Å²) in [6.07, 6.45) is 0. The molecule has 0 aromatic heterocycles. The molecule has 22 heterocycles. The molecule has 0 aliphatic carbocycles. The maximum atomic E-state index is 2.33. The molecule has 0 fully saturated rings. The van der Waals surface area contributed by atoms with E-state index in [4.69, 9.17) is 0 Å². The Morgan fingerprint density at radius 3 is 0.327 bits per heavy atom. The summed E-state index contributed by atoms with van der Waals surface area (Å²) >= 11 is -0.921. The zero-order valence-electron chi connectivity index (χ0n) is 28.0. The lowest BCUT2D eigenvalue weighted by atomic mass is 10.1. The minimum atomic E-state index is -0.230. The highest BCUT2D eigenvalue weighted by atomic mass is 127. The van der Waals surface area contributed by atoms with E-state index in [1.54, 1.807) is 0 Å². The van der Waals surface area contributed by atoms with E-state index in [-0.39, 0.29) is 84.8 Å². The average Bonchev–Trinajstić information content (AvgIpc) is 3.20. The number of halogens is 4. The highest BCUT2D eigenvalue weighted by Gasteiger charge is 2.20. The molecule has 0 saturated carbocycles. The van der Waals surface area contributed by atoms with Crippen LogP contribution in [0.15, 0.2) is 194 Å². The first kappa shape index (κ1) is 34.4. The summed E-state index contributed by atoms with van der Waals surface area (Å²) in [5.41, 5.74) is 10.3. The Morgan fingerprint density at radius 2 is 0.231 bits per heavy atom. The van der Waals surface area contributed by atoms with Crippen LogP contribution >= 0.6 is 0 Å².